The third kappa shape index (κ3) is 5.07. The predicted octanol–water partition coefficient (Wildman–Crippen LogP) is 2.08. The summed E-state index contributed by atoms with van der Waals surface area (Å²) in [6.45, 7) is 2.78. The molecule has 8 heteroatoms. The first-order valence-electron chi connectivity index (χ1n) is 8.15. The van der Waals surface area contributed by atoms with Crippen LogP contribution in [0.25, 0.3) is 11.0 Å². The van der Waals surface area contributed by atoms with Gasteiger partial charge in [0.15, 0.2) is 0 Å². The smallest absolute Gasteiger partial charge is 0.228 e. The Bertz CT molecular complexity index is 633. The van der Waals surface area contributed by atoms with Crippen molar-refractivity contribution in [2.75, 3.05) is 33.4 Å². The zero-order chi connectivity index (χ0) is 16.1. The van der Waals surface area contributed by atoms with E-state index in [0.29, 0.717) is 19.6 Å². The van der Waals surface area contributed by atoms with Crippen molar-refractivity contribution in [2.45, 2.75) is 19.3 Å². The van der Waals surface area contributed by atoms with Crippen LogP contribution < -0.4 is 10.6 Å². The number of carbonyl (C=O) groups excluding carboxylic acids is 1. The molecule has 0 spiro atoms. The Balaban J connectivity index is 0.00000156. The van der Waals surface area contributed by atoms with E-state index < -0.39 is 5.41 Å². The minimum absolute atomic E-state index is 0. The van der Waals surface area contributed by atoms with Crippen molar-refractivity contribution in [1.29, 1.82) is 0 Å². The van der Waals surface area contributed by atoms with Crippen molar-refractivity contribution in [3.05, 3.63) is 30.1 Å². The fourth-order valence-corrected chi connectivity index (χ4v) is 3.22. The number of imidazole rings is 1. The van der Waals surface area contributed by atoms with Gasteiger partial charge in [-0.3, -0.25) is 4.79 Å². The lowest BCUT2D eigenvalue weighted by molar-refractivity contribution is -0.136. The molecule has 0 unspecified atom stereocenters. The van der Waals surface area contributed by atoms with Gasteiger partial charge in [0.25, 0.3) is 0 Å². The highest BCUT2D eigenvalue weighted by Crippen LogP contribution is 2.29. The number of amides is 1. The maximum absolute atomic E-state index is 12.6. The first-order chi connectivity index (χ1) is 11.2. The Hall–Kier alpha value is -1.34. The molecule has 1 aromatic heterocycles. The van der Waals surface area contributed by atoms with E-state index in [4.69, 9.17) is 4.74 Å². The minimum atomic E-state index is -0.395. The van der Waals surface area contributed by atoms with Crippen LogP contribution in [0.5, 0.6) is 0 Å². The second-order valence-electron chi connectivity index (χ2n) is 6.17. The van der Waals surface area contributed by atoms with Gasteiger partial charge in [0.05, 0.1) is 23.1 Å². The van der Waals surface area contributed by atoms with Crippen LogP contribution in [0.4, 0.5) is 0 Å². The predicted molar refractivity (Wildman–Crippen MR) is 104 cm³/mol. The summed E-state index contributed by atoms with van der Waals surface area (Å²) in [7, 11) is 1.66. The number of halogens is 2. The van der Waals surface area contributed by atoms with E-state index in [-0.39, 0.29) is 30.7 Å². The third-order valence-corrected chi connectivity index (χ3v) is 4.55. The molecule has 0 aliphatic carbocycles. The van der Waals surface area contributed by atoms with Crippen molar-refractivity contribution < 1.29 is 9.53 Å². The fourth-order valence-electron chi connectivity index (χ4n) is 3.22. The largest absolute Gasteiger partial charge is 0.384 e. The molecular formula is C17H26Cl2N4O2. The number of para-hydroxylation sites is 2. The first-order valence-corrected chi connectivity index (χ1v) is 8.15. The second-order valence-corrected chi connectivity index (χ2v) is 6.17. The molecule has 1 aliphatic heterocycles. The molecule has 140 valence electrons. The van der Waals surface area contributed by atoms with E-state index in [1.165, 1.54) is 0 Å². The highest BCUT2D eigenvalue weighted by molar-refractivity contribution is 5.85. The number of nitrogens with one attached hydrogen (secondary N) is 3. The van der Waals surface area contributed by atoms with Gasteiger partial charge in [-0.1, -0.05) is 12.1 Å². The summed E-state index contributed by atoms with van der Waals surface area (Å²) >= 11 is 0. The molecule has 1 amide bonds. The summed E-state index contributed by atoms with van der Waals surface area (Å²) < 4.78 is 5.30. The SMILES string of the molecule is COCC1(C(=O)NCCc2nc3ccccc3[nH]2)CCNCC1.Cl.Cl. The van der Waals surface area contributed by atoms with E-state index in [1.54, 1.807) is 7.11 Å². The Morgan fingerprint density at radius 1 is 1.28 bits per heavy atom. The molecule has 1 fully saturated rings. The van der Waals surface area contributed by atoms with Gasteiger partial charge in [-0.25, -0.2) is 4.98 Å². The number of aromatic nitrogens is 2. The highest BCUT2D eigenvalue weighted by Gasteiger charge is 2.39. The topological polar surface area (TPSA) is 79.0 Å². The summed E-state index contributed by atoms with van der Waals surface area (Å²) in [6, 6.07) is 7.95. The average molecular weight is 389 g/mol. The molecule has 2 aromatic rings. The van der Waals surface area contributed by atoms with Crippen molar-refractivity contribution in [1.82, 2.24) is 20.6 Å². The van der Waals surface area contributed by atoms with E-state index in [1.807, 2.05) is 24.3 Å². The molecule has 0 bridgehead atoms. The molecule has 6 nitrogen and oxygen atoms in total. The van der Waals surface area contributed by atoms with Crippen molar-refractivity contribution >= 4 is 41.8 Å². The molecule has 25 heavy (non-hydrogen) atoms. The van der Waals surface area contributed by atoms with Crippen molar-refractivity contribution in [3.63, 3.8) is 0 Å². The van der Waals surface area contributed by atoms with E-state index in [2.05, 4.69) is 20.6 Å². The lowest BCUT2D eigenvalue weighted by atomic mass is 9.78. The quantitative estimate of drug-likeness (QED) is 0.707. The lowest BCUT2D eigenvalue weighted by Gasteiger charge is -2.35. The summed E-state index contributed by atoms with van der Waals surface area (Å²) in [6.07, 6.45) is 2.33. The Labute approximate surface area is 160 Å². The molecule has 3 rings (SSSR count). The number of carbonyl (C=O) groups is 1. The number of rotatable bonds is 6. The second kappa shape index (κ2) is 9.97. The van der Waals surface area contributed by atoms with Gasteiger partial charge in [-0.2, -0.15) is 0 Å². The molecule has 0 saturated carbocycles. The number of piperidine rings is 1. The van der Waals surface area contributed by atoms with Crippen molar-refractivity contribution in [3.8, 4) is 0 Å². The third-order valence-electron chi connectivity index (χ3n) is 4.55. The van der Waals surface area contributed by atoms with Crippen LogP contribution in [0.3, 0.4) is 0 Å². The zero-order valence-electron chi connectivity index (χ0n) is 14.3. The summed E-state index contributed by atoms with van der Waals surface area (Å²) in [5.74, 6) is 0.995. The number of hydrogen-bond acceptors (Lipinski definition) is 4. The number of methoxy groups -OCH3 is 1. The van der Waals surface area contributed by atoms with E-state index in [9.17, 15) is 4.79 Å². The first kappa shape index (κ1) is 21.7. The van der Waals surface area contributed by atoms with Gasteiger partial charge >= 0.3 is 0 Å². The molecule has 1 aliphatic rings. The maximum Gasteiger partial charge on any atom is 0.228 e. The van der Waals surface area contributed by atoms with Crippen LogP contribution in [0.1, 0.15) is 18.7 Å². The molecule has 1 saturated heterocycles. The van der Waals surface area contributed by atoms with Crippen LogP contribution >= 0.6 is 24.8 Å². The van der Waals surface area contributed by atoms with Gasteiger partial charge in [-0.05, 0) is 38.1 Å². The van der Waals surface area contributed by atoms with Crippen molar-refractivity contribution in [2.24, 2.45) is 5.41 Å². The van der Waals surface area contributed by atoms with Crippen LogP contribution in [-0.4, -0.2) is 49.2 Å². The average Bonchev–Trinajstić information content (AvgIpc) is 2.98. The zero-order valence-corrected chi connectivity index (χ0v) is 16.0. The number of aromatic amines is 1. The Morgan fingerprint density at radius 2 is 2.00 bits per heavy atom. The van der Waals surface area contributed by atoms with Crippen LogP contribution in [0, 0.1) is 5.41 Å². The van der Waals surface area contributed by atoms with Gasteiger partial charge in [-0.15, -0.1) is 24.8 Å². The van der Waals surface area contributed by atoms with E-state index >= 15 is 0 Å². The minimum Gasteiger partial charge on any atom is -0.384 e. The Morgan fingerprint density at radius 3 is 2.68 bits per heavy atom. The van der Waals surface area contributed by atoms with Gasteiger partial charge in [0, 0.05) is 20.1 Å². The molecule has 2 heterocycles. The molecule has 1 aromatic carbocycles. The van der Waals surface area contributed by atoms with Gasteiger partial charge < -0.3 is 20.4 Å². The monoisotopic (exact) mass is 388 g/mol. The number of H-pyrrole nitrogens is 1. The normalized spacial score (nSPS) is 15.9. The summed E-state index contributed by atoms with van der Waals surface area (Å²) in [5, 5.41) is 6.36. The number of ether oxygens (including phenoxy) is 1. The van der Waals surface area contributed by atoms with Crippen LogP contribution in [0.15, 0.2) is 24.3 Å². The van der Waals surface area contributed by atoms with Gasteiger partial charge in [0.1, 0.15) is 5.82 Å². The molecular weight excluding hydrogens is 363 g/mol. The number of benzene rings is 1. The van der Waals surface area contributed by atoms with E-state index in [0.717, 1.165) is 42.8 Å². The highest BCUT2D eigenvalue weighted by atomic mass is 35.5. The summed E-state index contributed by atoms with van der Waals surface area (Å²) in [4.78, 5) is 20.4. The molecule has 3 N–H and O–H groups in total. The lowest BCUT2D eigenvalue weighted by Crippen LogP contribution is -2.50. The Kier molecular flexibility index (Phi) is 8.65. The fraction of sp³-hybridized carbons (Fsp3) is 0.529. The summed E-state index contributed by atoms with van der Waals surface area (Å²) in [5.41, 5.74) is 1.60. The standard InChI is InChI=1S/C17H24N4O2.2ClH/c1-23-12-17(7-10-18-11-8-17)16(22)19-9-6-15-20-13-4-2-3-5-14(13)21-15;;/h2-5,18H,6-12H2,1H3,(H,19,22)(H,20,21);2*1H. The van der Waals surface area contributed by atoms with Crippen LogP contribution in [-0.2, 0) is 16.0 Å². The molecule has 0 radical (unpaired) electrons. The maximum atomic E-state index is 12.6. The number of nitrogens with zero attached hydrogens (tertiary/aromatic N) is 1. The number of hydrogen-bond donors (Lipinski definition) is 3. The number of fused-ring (bicyclic) bond motifs is 1. The molecule has 0 atom stereocenters. The van der Waals surface area contributed by atoms with Crippen LogP contribution in [0.2, 0.25) is 0 Å². The van der Waals surface area contributed by atoms with Gasteiger partial charge in [0.2, 0.25) is 5.91 Å².